The summed E-state index contributed by atoms with van der Waals surface area (Å²) in [4.78, 5) is 36.5. The van der Waals surface area contributed by atoms with E-state index in [1.807, 2.05) is 0 Å². The van der Waals surface area contributed by atoms with Crippen LogP contribution in [0.3, 0.4) is 0 Å². The van der Waals surface area contributed by atoms with Crippen LogP contribution in [0.15, 0.2) is 42.5 Å². The van der Waals surface area contributed by atoms with Crippen molar-refractivity contribution >= 4 is 23.5 Å². The van der Waals surface area contributed by atoms with Gasteiger partial charge in [-0.1, -0.05) is 13.0 Å². The van der Waals surface area contributed by atoms with E-state index < -0.39 is 23.9 Å². The lowest BCUT2D eigenvalue weighted by molar-refractivity contribution is -0.122. The second-order valence-corrected chi connectivity index (χ2v) is 5.97. The highest BCUT2D eigenvalue weighted by Crippen LogP contribution is 2.22. The molecule has 0 fully saturated rings. The molecule has 0 aliphatic rings. The first-order valence-corrected chi connectivity index (χ1v) is 8.85. The van der Waals surface area contributed by atoms with E-state index in [0.29, 0.717) is 17.9 Å². The lowest BCUT2D eigenvalue weighted by Crippen LogP contribution is -2.32. The van der Waals surface area contributed by atoms with Crippen LogP contribution in [0.5, 0.6) is 11.5 Å². The second-order valence-electron chi connectivity index (χ2n) is 5.97. The molecule has 29 heavy (non-hydrogen) atoms. The molecule has 1 amide bonds. The van der Waals surface area contributed by atoms with Gasteiger partial charge in [-0.25, -0.2) is 9.59 Å². The minimum absolute atomic E-state index is 0.104. The van der Waals surface area contributed by atoms with Crippen molar-refractivity contribution < 1.29 is 33.3 Å². The van der Waals surface area contributed by atoms with Crippen LogP contribution in [0.1, 0.15) is 34.1 Å². The van der Waals surface area contributed by atoms with Gasteiger partial charge in [-0.15, -0.1) is 0 Å². The zero-order valence-electron chi connectivity index (χ0n) is 16.7. The lowest BCUT2D eigenvalue weighted by Gasteiger charge is -2.18. The van der Waals surface area contributed by atoms with Crippen LogP contribution in [-0.4, -0.2) is 45.3 Å². The van der Waals surface area contributed by atoms with Gasteiger partial charge in [0, 0.05) is 11.8 Å². The standard InChI is InChI=1S/C21H23NO7/c1-5-18(29-17-8-6-7-16(12-17)26-2)19(23)22-15-10-13(20(24)27-3)9-14(11-15)21(25)28-4/h6-12,18H,5H2,1-4H3,(H,22,23)/t18-/m1/s1. The second kappa shape index (κ2) is 10.1. The predicted octanol–water partition coefficient (Wildman–Crippen LogP) is 3.06. The van der Waals surface area contributed by atoms with Crippen LogP contribution in [0.4, 0.5) is 5.69 Å². The van der Waals surface area contributed by atoms with E-state index in [4.69, 9.17) is 18.9 Å². The van der Waals surface area contributed by atoms with Gasteiger partial charge in [0.1, 0.15) is 11.5 Å². The molecule has 0 aliphatic carbocycles. The zero-order chi connectivity index (χ0) is 21.4. The number of benzene rings is 2. The Balaban J connectivity index is 2.24. The Morgan fingerprint density at radius 1 is 0.897 bits per heavy atom. The van der Waals surface area contributed by atoms with Crippen LogP contribution < -0.4 is 14.8 Å². The first-order chi connectivity index (χ1) is 13.9. The summed E-state index contributed by atoms with van der Waals surface area (Å²) in [7, 11) is 3.98. The van der Waals surface area contributed by atoms with Crippen molar-refractivity contribution in [3.63, 3.8) is 0 Å². The molecular weight excluding hydrogens is 378 g/mol. The van der Waals surface area contributed by atoms with E-state index in [2.05, 4.69) is 5.32 Å². The number of amides is 1. The molecule has 1 atom stereocenters. The number of anilines is 1. The van der Waals surface area contributed by atoms with Crippen molar-refractivity contribution in [3.05, 3.63) is 53.6 Å². The van der Waals surface area contributed by atoms with Crippen molar-refractivity contribution in [3.8, 4) is 11.5 Å². The van der Waals surface area contributed by atoms with Gasteiger partial charge in [-0.05, 0) is 36.8 Å². The summed E-state index contributed by atoms with van der Waals surface area (Å²) in [5.74, 6) is -0.652. The summed E-state index contributed by atoms with van der Waals surface area (Å²) >= 11 is 0. The van der Waals surface area contributed by atoms with Crippen LogP contribution >= 0.6 is 0 Å². The number of carbonyl (C=O) groups excluding carboxylic acids is 3. The van der Waals surface area contributed by atoms with E-state index in [1.54, 1.807) is 31.2 Å². The number of hydrogen-bond donors (Lipinski definition) is 1. The Morgan fingerprint density at radius 3 is 2.00 bits per heavy atom. The number of ether oxygens (including phenoxy) is 4. The monoisotopic (exact) mass is 401 g/mol. The summed E-state index contributed by atoms with van der Waals surface area (Å²) in [5.41, 5.74) is 0.450. The fourth-order valence-corrected chi connectivity index (χ4v) is 2.55. The average Bonchev–Trinajstić information content (AvgIpc) is 2.75. The third-order valence-corrected chi connectivity index (χ3v) is 4.03. The van der Waals surface area contributed by atoms with E-state index in [1.165, 1.54) is 39.5 Å². The van der Waals surface area contributed by atoms with Crippen LogP contribution in [0, 0.1) is 0 Å². The van der Waals surface area contributed by atoms with Gasteiger partial charge in [0.25, 0.3) is 5.91 Å². The molecule has 8 heteroatoms. The molecule has 0 heterocycles. The van der Waals surface area contributed by atoms with Crippen molar-refractivity contribution in [2.75, 3.05) is 26.6 Å². The van der Waals surface area contributed by atoms with Gasteiger partial charge in [0.05, 0.1) is 32.5 Å². The van der Waals surface area contributed by atoms with Crippen molar-refractivity contribution in [2.24, 2.45) is 0 Å². The third kappa shape index (κ3) is 5.71. The molecule has 2 aromatic rings. The van der Waals surface area contributed by atoms with Crippen LogP contribution in [0.2, 0.25) is 0 Å². The smallest absolute Gasteiger partial charge is 0.337 e. The predicted molar refractivity (Wildman–Crippen MR) is 105 cm³/mol. The number of nitrogens with one attached hydrogen (secondary N) is 1. The van der Waals surface area contributed by atoms with Crippen molar-refractivity contribution in [1.29, 1.82) is 0 Å². The van der Waals surface area contributed by atoms with Gasteiger partial charge < -0.3 is 24.3 Å². The van der Waals surface area contributed by atoms with Gasteiger partial charge in [-0.2, -0.15) is 0 Å². The lowest BCUT2D eigenvalue weighted by atomic mass is 10.1. The Labute approximate surface area is 168 Å². The Morgan fingerprint density at radius 2 is 1.48 bits per heavy atom. The largest absolute Gasteiger partial charge is 0.497 e. The number of rotatable bonds is 8. The van der Waals surface area contributed by atoms with E-state index >= 15 is 0 Å². The minimum Gasteiger partial charge on any atom is -0.497 e. The fourth-order valence-electron chi connectivity index (χ4n) is 2.55. The molecule has 1 N–H and O–H groups in total. The van der Waals surface area contributed by atoms with E-state index in [0.717, 1.165) is 0 Å². The van der Waals surface area contributed by atoms with Gasteiger partial charge in [-0.3, -0.25) is 4.79 Å². The van der Waals surface area contributed by atoms with Gasteiger partial charge in [0.2, 0.25) is 0 Å². The summed E-state index contributed by atoms with van der Waals surface area (Å²) in [6.45, 7) is 1.80. The Kier molecular flexibility index (Phi) is 7.59. The first-order valence-electron chi connectivity index (χ1n) is 8.85. The molecule has 2 aromatic carbocycles. The minimum atomic E-state index is -0.800. The maximum atomic E-state index is 12.7. The molecule has 0 saturated carbocycles. The highest BCUT2D eigenvalue weighted by atomic mass is 16.5. The van der Waals surface area contributed by atoms with Crippen molar-refractivity contribution in [2.45, 2.75) is 19.4 Å². The number of esters is 2. The Hall–Kier alpha value is -3.55. The molecule has 0 bridgehead atoms. The molecule has 0 unspecified atom stereocenters. The maximum absolute atomic E-state index is 12.7. The molecule has 0 radical (unpaired) electrons. The van der Waals surface area contributed by atoms with E-state index in [9.17, 15) is 14.4 Å². The number of hydrogen-bond acceptors (Lipinski definition) is 7. The molecular formula is C21H23NO7. The summed E-state index contributed by atoms with van der Waals surface area (Å²) in [6, 6.07) is 11.1. The van der Waals surface area contributed by atoms with Crippen molar-refractivity contribution in [1.82, 2.24) is 0 Å². The number of methoxy groups -OCH3 is 3. The summed E-state index contributed by atoms with van der Waals surface area (Å²) in [6.07, 6.45) is -0.408. The maximum Gasteiger partial charge on any atom is 0.337 e. The molecule has 0 aromatic heterocycles. The van der Waals surface area contributed by atoms with Gasteiger partial charge >= 0.3 is 11.9 Å². The number of carbonyl (C=O) groups is 3. The Bertz CT molecular complexity index is 860. The zero-order valence-corrected chi connectivity index (χ0v) is 16.7. The molecule has 8 nitrogen and oxygen atoms in total. The van der Waals surface area contributed by atoms with E-state index in [-0.39, 0.29) is 16.8 Å². The molecule has 154 valence electrons. The van der Waals surface area contributed by atoms with Crippen LogP contribution in [-0.2, 0) is 14.3 Å². The highest BCUT2D eigenvalue weighted by molar-refractivity contribution is 6.00. The van der Waals surface area contributed by atoms with Gasteiger partial charge in [0.15, 0.2) is 6.10 Å². The highest BCUT2D eigenvalue weighted by Gasteiger charge is 2.21. The topological polar surface area (TPSA) is 100 Å². The third-order valence-electron chi connectivity index (χ3n) is 4.03. The summed E-state index contributed by atoms with van der Waals surface area (Å²) < 4.78 is 20.3. The normalized spacial score (nSPS) is 11.2. The first kappa shape index (κ1) is 21.7. The molecule has 2 rings (SSSR count). The SMILES string of the molecule is CC[C@@H](Oc1cccc(OC)c1)C(=O)Nc1cc(C(=O)OC)cc(C(=O)OC)c1. The fraction of sp³-hybridized carbons (Fsp3) is 0.286. The average molecular weight is 401 g/mol. The van der Waals surface area contributed by atoms with Crippen LogP contribution in [0.25, 0.3) is 0 Å². The molecule has 0 saturated heterocycles. The molecule has 0 aliphatic heterocycles. The summed E-state index contributed by atoms with van der Waals surface area (Å²) in [5, 5.41) is 2.67. The quantitative estimate of drug-likeness (QED) is 0.679. The molecule has 0 spiro atoms.